The van der Waals surface area contributed by atoms with Crippen LogP contribution in [0.2, 0.25) is 5.02 Å². The van der Waals surface area contributed by atoms with Crippen molar-refractivity contribution in [1.82, 2.24) is 21.3 Å². The minimum Gasteiger partial charge on any atom is -0.455 e. The van der Waals surface area contributed by atoms with E-state index in [9.17, 15) is 24.0 Å². The molecule has 3 N–H and O–H groups in total. The summed E-state index contributed by atoms with van der Waals surface area (Å²) in [6.07, 6.45) is -0.176. The first-order valence-corrected chi connectivity index (χ1v) is 10.8. The Kier molecular flexibility index (Phi) is 8.01. The predicted octanol–water partition coefficient (Wildman–Crippen LogP) is 1.60. The van der Waals surface area contributed by atoms with E-state index in [1.54, 1.807) is 36.4 Å². The van der Waals surface area contributed by atoms with Gasteiger partial charge in [-0.3, -0.25) is 45.3 Å². The van der Waals surface area contributed by atoms with Crippen molar-refractivity contribution >= 4 is 57.1 Å². The predicted molar refractivity (Wildman–Crippen MR) is 119 cm³/mol. The molecule has 0 saturated carbocycles. The number of nitrogens with zero attached hydrogens (tertiary/aromatic N) is 1. The van der Waals surface area contributed by atoms with Crippen molar-refractivity contribution < 1.29 is 28.7 Å². The Labute approximate surface area is 201 Å². The number of hydrogen-bond donors (Lipinski definition) is 3. The van der Waals surface area contributed by atoms with Gasteiger partial charge in [-0.1, -0.05) is 39.7 Å². The van der Waals surface area contributed by atoms with E-state index in [0.717, 1.165) is 9.48 Å². The second kappa shape index (κ2) is 10.9. The number of hydrogen-bond acceptors (Lipinski definition) is 6. The van der Waals surface area contributed by atoms with Crippen LogP contribution >= 0.6 is 27.5 Å². The fourth-order valence-electron chi connectivity index (χ4n) is 2.89. The molecule has 0 unspecified atom stereocenters. The van der Waals surface area contributed by atoms with Crippen LogP contribution in [0.1, 0.15) is 27.1 Å². The van der Waals surface area contributed by atoms with Crippen molar-refractivity contribution in [3.63, 3.8) is 0 Å². The topological polar surface area (TPSA) is 134 Å². The summed E-state index contributed by atoms with van der Waals surface area (Å²) in [5, 5.41) is 1.25. The third-order valence-corrected chi connectivity index (χ3v) is 5.44. The minimum absolute atomic E-state index is 0.0925. The Morgan fingerprint density at radius 1 is 1.03 bits per heavy atom. The summed E-state index contributed by atoms with van der Waals surface area (Å²) in [6, 6.07) is 12.8. The Bertz CT molecular complexity index is 1090. The van der Waals surface area contributed by atoms with E-state index in [2.05, 4.69) is 32.2 Å². The third-order valence-electron chi connectivity index (χ3n) is 4.58. The van der Waals surface area contributed by atoms with Gasteiger partial charge in [-0.25, -0.2) is 0 Å². The normalized spacial score (nSPS) is 15.0. The first-order valence-electron chi connectivity index (χ1n) is 9.62. The molecule has 0 aromatic heterocycles. The molecule has 2 aromatic carbocycles. The molecule has 1 saturated heterocycles. The Morgan fingerprint density at radius 2 is 1.73 bits per heavy atom. The summed E-state index contributed by atoms with van der Waals surface area (Å²) < 4.78 is 5.72. The van der Waals surface area contributed by atoms with Gasteiger partial charge in [0.2, 0.25) is 5.91 Å². The highest BCUT2D eigenvalue weighted by atomic mass is 79.9. The van der Waals surface area contributed by atoms with Gasteiger partial charge >= 0.3 is 5.97 Å². The van der Waals surface area contributed by atoms with Crippen LogP contribution in [0.25, 0.3) is 0 Å². The molecular weight excluding hydrogens is 520 g/mol. The highest BCUT2D eigenvalue weighted by molar-refractivity contribution is 9.10. The fraction of sp³-hybridized carbons (Fsp3) is 0.190. The molecule has 1 aliphatic rings. The number of rotatable bonds is 6. The van der Waals surface area contributed by atoms with E-state index in [4.69, 9.17) is 16.3 Å². The second-order valence-electron chi connectivity index (χ2n) is 6.94. The van der Waals surface area contributed by atoms with E-state index < -0.39 is 42.1 Å². The molecule has 0 aliphatic carbocycles. The molecule has 33 heavy (non-hydrogen) atoms. The van der Waals surface area contributed by atoms with Gasteiger partial charge in [-0.15, -0.1) is 0 Å². The van der Waals surface area contributed by atoms with Crippen molar-refractivity contribution in [2.75, 3.05) is 13.2 Å². The van der Waals surface area contributed by atoms with E-state index in [1.165, 1.54) is 12.1 Å². The van der Waals surface area contributed by atoms with Crippen molar-refractivity contribution in [2.24, 2.45) is 5.92 Å². The quantitative estimate of drug-likeness (QED) is 0.379. The molecule has 1 atom stereocenters. The van der Waals surface area contributed by atoms with Gasteiger partial charge in [0.25, 0.3) is 17.7 Å². The molecule has 1 heterocycles. The van der Waals surface area contributed by atoms with Crippen LogP contribution in [0.5, 0.6) is 0 Å². The maximum absolute atomic E-state index is 12.3. The van der Waals surface area contributed by atoms with E-state index in [0.29, 0.717) is 5.56 Å². The van der Waals surface area contributed by atoms with Crippen LogP contribution in [0.3, 0.4) is 0 Å². The van der Waals surface area contributed by atoms with E-state index in [-0.39, 0.29) is 23.6 Å². The third kappa shape index (κ3) is 6.53. The van der Waals surface area contributed by atoms with Gasteiger partial charge in [-0.2, -0.15) is 0 Å². The van der Waals surface area contributed by atoms with Crippen molar-refractivity contribution in [3.05, 3.63) is 69.2 Å². The molecule has 2 aromatic rings. The fourth-order valence-corrected chi connectivity index (χ4v) is 3.38. The van der Waals surface area contributed by atoms with E-state index in [1.807, 2.05) is 0 Å². The van der Waals surface area contributed by atoms with Crippen LogP contribution < -0.4 is 16.3 Å². The number of halogens is 2. The molecule has 12 heteroatoms. The minimum atomic E-state index is -0.853. The lowest BCUT2D eigenvalue weighted by molar-refractivity contribution is -0.152. The van der Waals surface area contributed by atoms with Crippen LogP contribution in [-0.4, -0.2) is 47.8 Å². The molecule has 1 aliphatic heterocycles. The standard InChI is InChI=1S/C21H18BrClN4O6/c22-14-7-5-12(6-8-14)19(30)26-27-10-13(9-18(27)29)21(32)33-11-17(28)24-25-20(31)15-3-1-2-4-16(15)23/h1-8,13H,9-11H2,(H,24,28)(H,25,31)(H,26,30)/t13-/m0/s1. The monoisotopic (exact) mass is 536 g/mol. The zero-order chi connectivity index (χ0) is 24.0. The molecule has 0 spiro atoms. The molecular formula is C21H18BrClN4O6. The van der Waals surface area contributed by atoms with Crippen LogP contribution in [0.15, 0.2) is 53.0 Å². The molecule has 10 nitrogen and oxygen atoms in total. The average molecular weight is 538 g/mol. The Morgan fingerprint density at radius 3 is 2.42 bits per heavy atom. The van der Waals surface area contributed by atoms with Crippen molar-refractivity contribution in [2.45, 2.75) is 6.42 Å². The van der Waals surface area contributed by atoms with Gasteiger partial charge in [0, 0.05) is 16.5 Å². The summed E-state index contributed by atoms with van der Waals surface area (Å²) in [5.41, 5.74) is 7.22. The average Bonchev–Trinajstić information content (AvgIpc) is 3.16. The van der Waals surface area contributed by atoms with Crippen LogP contribution in [0, 0.1) is 5.92 Å². The zero-order valence-electron chi connectivity index (χ0n) is 17.0. The number of esters is 1. The van der Waals surface area contributed by atoms with Gasteiger partial charge in [0.05, 0.1) is 23.0 Å². The van der Waals surface area contributed by atoms with Crippen LogP contribution in [-0.2, 0) is 19.1 Å². The summed E-state index contributed by atoms with van der Waals surface area (Å²) in [5.74, 6) is -4.02. The van der Waals surface area contributed by atoms with Gasteiger partial charge in [0.15, 0.2) is 6.61 Å². The Hall–Kier alpha value is -3.44. The molecule has 1 fully saturated rings. The lowest BCUT2D eigenvalue weighted by atomic mass is 10.1. The van der Waals surface area contributed by atoms with Crippen molar-refractivity contribution in [1.29, 1.82) is 0 Å². The molecule has 3 rings (SSSR count). The number of nitrogens with one attached hydrogen (secondary N) is 3. The molecule has 4 amide bonds. The van der Waals surface area contributed by atoms with Crippen molar-refractivity contribution in [3.8, 4) is 0 Å². The van der Waals surface area contributed by atoms with Gasteiger partial charge in [-0.05, 0) is 36.4 Å². The number of benzene rings is 2. The highest BCUT2D eigenvalue weighted by Crippen LogP contribution is 2.18. The summed E-state index contributed by atoms with van der Waals surface area (Å²) >= 11 is 9.17. The highest BCUT2D eigenvalue weighted by Gasteiger charge is 2.36. The number of carbonyl (C=O) groups is 5. The first-order chi connectivity index (χ1) is 15.7. The largest absolute Gasteiger partial charge is 0.455 e. The maximum Gasteiger partial charge on any atom is 0.311 e. The second-order valence-corrected chi connectivity index (χ2v) is 8.27. The maximum atomic E-state index is 12.3. The Balaban J connectivity index is 1.43. The van der Waals surface area contributed by atoms with Gasteiger partial charge in [0.1, 0.15) is 0 Å². The first kappa shape index (κ1) is 24.2. The molecule has 0 radical (unpaired) electrons. The summed E-state index contributed by atoms with van der Waals surface area (Å²) in [6.45, 7) is -0.762. The lowest BCUT2D eigenvalue weighted by Gasteiger charge is -2.17. The number of carbonyl (C=O) groups excluding carboxylic acids is 5. The van der Waals surface area contributed by atoms with E-state index >= 15 is 0 Å². The molecule has 172 valence electrons. The SMILES string of the molecule is O=C(COC(=O)[C@H]1CC(=O)N(NC(=O)c2ccc(Br)cc2)C1)NNC(=O)c1ccccc1Cl. The number of hydrazine groups is 2. The summed E-state index contributed by atoms with van der Waals surface area (Å²) in [4.78, 5) is 60.5. The number of ether oxygens (including phenoxy) is 1. The van der Waals surface area contributed by atoms with Gasteiger partial charge < -0.3 is 4.74 Å². The number of amides is 4. The zero-order valence-corrected chi connectivity index (χ0v) is 19.3. The lowest BCUT2D eigenvalue weighted by Crippen LogP contribution is -2.44. The molecule has 0 bridgehead atoms. The smallest absolute Gasteiger partial charge is 0.311 e. The van der Waals surface area contributed by atoms with Crippen LogP contribution in [0.4, 0.5) is 0 Å². The summed E-state index contributed by atoms with van der Waals surface area (Å²) in [7, 11) is 0.